The number of nitrogens with one attached hydrogen (secondary N) is 6. The fraction of sp³-hybridized carbons (Fsp3) is 0.340. The third-order valence-corrected chi connectivity index (χ3v) is 11.0. The molecule has 1 fully saturated rings. The average molecular weight is 1140 g/mol. The van der Waals surface area contributed by atoms with Crippen molar-refractivity contribution in [2.45, 2.75) is 69.4 Å². The van der Waals surface area contributed by atoms with Crippen molar-refractivity contribution in [3.63, 3.8) is 0 Å². The number of carboxylic acids is 3. The van der Waals surface area contributed by atoms with E-state index in [0.717, 1.165) is 42.9 Å². The number of hydrogen-bond acceptors (Lipinski definition) is 12. The second-order valence-corrected chi connectivity index (χ2v) is 17.1. The predicted molar refractivity (Wildman–Crippen MR) is 266 cm³/mol. The number of alkyl carbamates (subject to hydrolysis) is 1. The van der Waals surface area contributed by atoms with Gasteiger partial charge in [-0.3, -0.25) is 24.6 Å². The predicted octanol–water partition coefficient (Wildman–Crippen LogP) is 5.04. The number of amidine groups is 1. The molecule has 5 amide bonds. The minimum atomic E-state index is -5.08. The molecule has 21 nitrogen and oxygen atoms in total. The van der Waals surface area contributed by atoms with Crippen LogP contribution < -0.4 is 32.3 Å². The van der Waals surface area contributed by atoms with Crippen LogP contribution in [-0.2, 0) is 64.3 Å². The van der Waals surface area contributed by atoms with E-state index >= 15 is 0 Å². The number of nitrogens with zero attached hydrogens (tertiary/aromatic N) is 2. The zero-order valence-corrected chi connectivity index (χ0v) is 41.8. The molecule has 4 aromatic carbocycles. The van der Waals surface area contributed by atoms with Gasteiger partial charge in [0.15, 0.2) is 0 Å². The van der Waals surface area contributed by atoms with Crippen molar-refractivity contribution in [1.29, 1.82) is 5.41 Å². The Kier molecular flexibility index (Phi) is 25.3. The zero-order valence-electron chi connectivity index (χ0n) is 41.8. The molecule has 2 atom stereocenters. The maximum Gasteiger partial charge on any atom is 0.490 e. The summed E-state index contributed by atoms with van der Waals surface area (Å²) in [5.41, 5.74) is 10.3. The van der Waals surface area contributed by atoms with Gasteiger partial charge in [-0.2, -0.15) is 39.5 Å². The third-order valence-electron chi connectivity index (χ3n) is 11.0. The number of benzene rings is 4. The number of carbonyl (C=O) groups excluding carboxylic acids is 5. The van der Waals surface area contributed by atoms with E-state index in [9.17, 15) is 63.5 Å². The molecule has 80 heavy (non-hydrogen) atoms. The van der Waals surface area contributed by atoms with Gasteiger partial charge in [-0.25, -0.2) is 19.2 Å². The maximum absolute atomic E-state index is 14.2. The topological polar surface area (TPSA) is 323 Å². The van der Waals surface area contributed by atoms with E-state index < -0.39 is 66.4 Å². The van der Waals surface area contributed by atoms with Crippen molar-refractivity contribution in [2.24, 2.45) is 5.73 Å². The lowest BCUT2D eigenvalue weighted by Gasteiger charge is -2.34. The van der Waals surface area contributed by atoms with Gasteiger partial charge >= 0.3 is 42.5 Å². The largest absolute Gasteiger partial charge is 0.490 e. The number of fused-ring (bicyclic) bond motifs is 3. The Morgan fingerprint density at radius 2 is 1.01 bits per heavy atom. The van der Waals surface area contributed by atoms with Crippen LogP contribution in [0.3, 0.4) is 0 Å². The highest BCUT2D eigenvalue weighted by atomic mass is 19.4. The number of amides is 5. The first-order valence-electron chi connectivity index (χ1n) is 23.5. The second-order valence-electron chi connectivity index (χ2n) is 17.1. The first-order valence-corrected chi connectivity index (χ1v) is 23.5. The Hall–Kier alpha value is -8.80. The highest BCUT2D eigenvalue weighted by molar-refractivity contribution is 5.95. The highest BCUT2D eigenvalue weighted by Gasteiger charge is 2.39. The lowest BCUT2D eigenvalue weighted by molar-refractivity contribution is -0.193. The minimum Gasteiger partial charge on any atom is -0.475 e. The van der Waals surface area contributed by atoms with Crippen molar-refractivity contribution >= 4 is 64.8 Å². The summed E-state index contributed by atoms with van der Waals surface area (Å²) in [6.07, 6.45) is -15.3. The monoisotopic (exact) mass is 1140 g/mol. The molecule has 5 heterocycles. The zero-order chi connectivity index (χ0) is 59.8. The standard InChI is InChI=1S/C44H51N9O6.3C2HF3O2/c45-41(46)34-12-6-32(7-13-34)28-47-42(56)37-26-30-8-14-35(15-9-30)48-39(54)18-20-52-22-24-53(25-23-52)21-19-40(55)49-36-16-10-31(11-17-36)27-38(43(57)50-37)51-44(58)59-29-33-4-2-1-3-5-33;3*3-2(4,5)1(6)7/h1-17,37-38H,18-29H2,(H3,45,46)(H,47,56)(H,48,54)(H,49,55)(H,50,57)(H,51,58);3*(H,6,7)/t37-,38+;;;/m0.../s1. The van der Waals surface area contributed by atoms with Crippen molar-refractivity contribution in [3.8, 4) is 0 Å². The number of nitrogen functional groups attached to an aromatic ring is 1. The number of carboxylic acid groups (broad SMARTS) is 3. The number of nitrogens with two attached hydrogens (primary N) is 1. The molecule has 5 aliphatic rings. The summed E-state index contributed by atoms with van der Waals surface area (Å²) in [5, 5.41) is 43.4. The average Bonchev–Trinajstić information content (AvgIpc) is 3.39. The summed E-state index contributed by atoms with van der Waals surface area (Å²) < 4.78 is 101. The Balaban J connectivity index is 0.000000675. The van der Waals surface area contributed by atoms with E-state index in [1.807, 2.05) is 30.3 Å². The number of hydrogen-bond donors (Lipinski definition) is 10. The Morgan fingerprint density at radius 3 is 1.41 bits per heavy atom. The summed E-state index contributed by atoms with van der Waals surface area (Å²) in [6.45, 7) is 4.59. The van der Waals surface area contributed by atoms with Gasteiger partial charge in [0.25, 0.3) is 0 Å². The summed E-state index contributed by atoms with van der Waals surface area (Å²) in [6, 6.07) is 28.0. The number of rotatable bonds is 7. The van der Waals surface area contributed by atoms with E-state index in [0.29, 0.717) is 48.4 Å². The highest BCUT2D eigenvalue weighted by Crippen LogP contribution is 2.18. The van der Waals surface area contributed by atoms with Gasteiger partial charge in [0.1, 0.15) is 24.5 Å². The van der Waals surface area contributed by atoms with E-state index in [2.05, 4.69) is 36.4 Å². The SMILES string of the molecule is N=C(N)c1ccc(CNC(=O)[C@@H]2Cc3ccc(cc3)NC(=O)CCN3CCN(CCC(=O)Nc4ccc(cc4)C[C@@H](NC(=O)OCc4ccccc4)C(=O)N2)CC3)cc1.O=C(O)C(F)(F)F.O=C(O)C(F)(F)F.O=C(O)C(F)(F)F. The first kappa shape index (κ1) is 65.5. The molecule has 0 spiro atoms. The Labute approximate surface area is 449 Å². The van der Waals surface area contributed by atoms with Crippen LogP contribution in [-0.4, -0.2) is 148 Å². The lowest BCUT2D eigenvalue weighted by atomic mass is 10.0. The minimum absolute atomic E-state index is 0.0134. The quantitative estimate of drug-likeness (QED) is 0.0659. The molecule has 1 saturated heterocycles. The smallest absolute Gasteiger partial charge is 0.475 e. The number of aliphatic carboxylic acids is 3. The van der Waals surface area contributed by atoms with Crippen molar-refractivity contribution < 1.29 is 97.9 Å². The molecule has 6 bridgehead atoms. The second kappa shape index (κ2) is 31.0. The van der Waals surface area contributed by atoms with Gasteiger partial charge in [0.2, 0.25) is 23.6 Å². The van der Waals surface area contributed by atoms with Gasteiger partial charge < -0.3 is 62.2 Å². The van der Waals surface area contributed by atoms with Crippen LogP contribution in [0.1, 0.15) is 40.7 Å². The molecule has 30 heteroatoms. The molecule has 0 aliphatic carbocycles. The van der Waals surface area contributed by atoms with Crippen molar-refractivity contribution in [2.75, 3.05) is 49.9 Å². The number of anilines is 2. The Bertz CT molecular complexity index is 2670. The molecule has 11 N–H and O–H groups in total. The molecule has 434 valence electrons. The summed E-state index contributed by atoms with van der Waals surface area (Å²) in [4.78, 5) is 98.1. The molecule has 0 aromatic heterocycles. The van der Waals surface area contributed by atoms with Crippen LogP contribution in [0.2, 0.25) is 0 Å². The van der Waals surface area contributed by atoms with E-state index in [4.69, 9.17) is 45.6 Å². The third kappa shape index (κ3) is 25.1. The van der Waals surface area contributed by atoms with Crippen molar-refractivity contribution in [1.82, 2.24) is 25.8 Å². The molecule has 9 rings (SSSR count). The molecule has 0 saturated carbocycles. The van der Waals surface area contributed by atoms with Gasteiger partial charge in [-0.15, -0.1) is 0 Å². The Morgan fingerprint density at radius 1 is 0.600 bits per heavy atom. The van der Waals surface area contributed by atoms with Crippen molar-refractivity contribution in [3.05, 3.63) is 131 Å². The van der Waals surface area contributed by atoms with Gasteiger partial charge in [-0.1, -0.05) is 78.9 Å². The van der Waals surface area contributed by atoms with E-state index in [1.54, 1.807) is 72.8 Å². The summed E-state index contributed by atoms with van der Waals surface area (Å²) in [7, 11) is 0. The molecule has 0 radical (unpaired) electrons. The van der Waals surface area contributed by atoms with Gasteiger partial charge in [0.05, 0.1) is 0 Å². The van der Waals surface area contributed by atoms with Gasteiger partial charge in [0, 0.05) is 88.4 Å². The normalized spacial score (nSPS) is 18.0. The van der Waals surface area contributed by atoms with E-state index in [1.165, 1.54) is 0 Å². The van der Waals surface area contributed by atoms with Crippen LogP contribution in [0.5, 0.6) is 0 Å². The van der Waals surface area contributed by atoms with Gasteiger partial charge in [-0.05, 0) is 46.5 Å². The number of alkyl halides is 9. The van der Waals surface area contributed by atoms with Crippen LogP contribution in [0.15, 0.2) is 103 Å². The fourth-order valence-electron chi connectivity index (χ4n) is 6.83. The maximum atomic E-state index is 14.2. The lowest BCUT2D eigenvalue weighted by Crippen LogP contribution is -2.55. The number of piperazine rings is 1. The van der Waals surface area contributed by atoms with Crippen LogP contribution in [0.25, 0.3) is 0 Å². The molecule has 0 unspecified atom stereocenters. The number of carbonyl (C=O) groups is 8. The first-order chi connectivity index (χ1) is 37.4. The molecule has 5 aliphatic heterocycles. The van der Waals surface area contributed by atoms with Crippen LogP contribution >= 0.6 is 0 Å². The van der Waals surface area contributed by atoms with Crippen LogP contribution in [0.4, 0.5) is 55.7 Å². The molecular weight excluding hydrogens is 1090 g/mol. The number of ether oxygens (including phenoxy) is 1. The summed E-state index contributed by atoms with van der Waals surface area (Å²) in [5.74, 6) is -9.66. The van der Waals surface area contributed by atoms with Crippen LogP contribution in [0, 0.1) is 5.41 Å². The number of halogens is 9. The van der Waals surface area contributed by atoms with E-state index in [-0.39, 0.29) is 43.6 Å². The summed E-state index contributed by atoms with van der Waals surface area (Å²) >= 11 is 0. The molecular formula is C50H54F9N9O12. The fourth-order valence-corrected chi connectivity index (χ4v) is 6.83. The molecule has 4 aromatic rings.